The number of nitrogens with one attached hydrogen (secondary N) is 1. The van der Waals surface area contributed by atoms with Gasteiger partial charge in [-0.15, -0.1) is 0 Å². The van der Waals surface area contributed by atoms with E-state index in [1.165, 1.54) is 43.9 Å². The Labute approximate surface area is 168 Å². The Morgan fingerprint density at radius 2 is 2.11 bits per heavy atom. The summed E-state index contributed by atoms with van der Waals surface area (Å²) in [5, 5.41) is 5.08. The number of nitrogens with zero attached hydrogens (tertiary/aromatic N) is 4. The Bertz CT molecular complexity index is 789. The molecule has 0 spiro atoms. The first kappa shape index (κ1) is 18.9. The molecular formula is C19H27N5OS2. The summed E-state index contributed by atoms with van der Waals surface area (Å²) in [4.78, 5) is 28.2. The summed E-state index contributed by atoms with van der Waals surface area (Å²) >= 11 is 3.15. The number of aromatic nitrogens is 3. The zero-order valence-electron chi connectivity index (χ0n) is 15.8. The molecule has 1 saturated heterocycles. The number of fused-ring (bicyclic) bond motifs is 1. The third-order valence-corrected chi connectivity index (χ3v) is 7.62. The van der Waals surface area contributed by atoms with Gasteiger partial charge < -0.3 is 10.2 Å². The Morgan fingerprint density at radius 3 is 2.93 bits per heavy atom. The maximum atomic E-state index is 12.3. The Hall–Kier alpha value is -1.41. The van der Waals surface area contributed by atoms with Crippen LogP contribution in [0.4, 0.5) is 5.13 Å². The van der Waals surface area contributed by atoms with Gasteiger partial charge >= 0.3 is 0 Å². The first-order chi connectivity index (χ1) is 13.2. The lowest BCUT2D eigenvalue weighted by Gasteiger charge is -2.30. The molecule has 0 radical (unpaired) electrons. The average Bonchev–Trinajstić information content (AvgIpc) is 3.12. The molecule has 1 saturated carbocycles. The summed E-state index contributed by atoms with van der Waals surface area (Å²) in [6.07, 6.45) is 10.0. The monoisotopic (exact) mass is 405 g/mol. The molecule has 0 aromatic carbocycles. The largest absolute Gasteiger partial charge is 0.353 e. The Balaban J connectivity index is 1.41. The van der Waals surface area contributed by atoms with Crippen LogP contribution in [0.2, 0.25) is 0 Å². The fourth-order valence-corrected chi connectivity index (χ4v) is 5.91. The van der Waals surface area contributed by atoms with Crippen molar-refractivity contribution in [2.75, 3.05) is 23.7 Å². The second-order valence-electron chi connectivity index (χ2n) is 7.71. The van der Waals surface area contributed by atoms with E-state index in [9.17, 15) is 4.79 Å². The maximum absolute atomic E-state index is 12.3. The quantitative estimate of drug-likeness (QED) is 0.602. The number of amides is 1. The summed E-state index contributed by atoms with van der Waals surface area (Å²) in [7, 11) is 0. The van der Waals surface area contributed by atoms with E-state index < -0.39 is 0 Å². The van der Waals surface area contributed by atoms with E-state index in [2.05, 4.69) is 27.1 Å². The highest BCUT2D eigenvalue weighted by molar-refractivity contribution is 8.00. The van der Waals surface area contributed by atoms with Gasteiger partial charge in [0.2, 0.25) is 5.91 Å². The maximum Gasteiger partial charge on any atom is 0.230 e. The van der Waals surface area contributed by atoms with Gasteiger partial charge in [-0.3, -0.25) is 4.79 Å². The molecule has 6 nitrogen and oxygen atoms in total. The zero-order valence-corrected chi connectivity index (χ0v) is 17.4. The van der Waals surface area contributed by atoms with Crippen molar-refractivity contribution >= 4 is 44.5 Å². The number of anilines is 1. The molecule has 1 atom stereocenters. The van der Waals surface area contributed by atoms with Crippen LogP contribution in [0.3, 0.4) is 0 Å². The molecule has 0 bridgehead atoms. The lowest BCUT2D eigenvalue weighted by atomic mass is 9.95. The molecule has 27 heavy (non-hydrogen) atoms. The number of rotatable bonds is 5. The van der Waals surface area contributed by atoms with Gasteiger partial charge in [-0.2, -0.15) is 4.98 Å². The summed E-state index contributed by atoms with van der Waals surface area (Å²) in [6, 6.07) is 0.355. The average molecular weight is 406 g/mol. The van der Waals surface area contributed by atoms with E-state index >= 15 is 0 Å². The molecule has 146 valence electrons. The van der Waals surface area contributed by atoms with Gasteiger partial charge in [-0.25, -0.2) is 9.97 Å². The van der Waals surface area contributed by atoms with E-state index in [0.29, 0.717) is 17.7 Å². The standard InChI is InChI=1S/C19H27N5OS2/c1-13-6-5-9-24(10-13)19-23-17-16(27-19)18(21-12-20-17)26-11-15(25)22-14-7-3-2-4-8-14/h12-14H,2-11H2,1H3,(H,22,25)/t13-/m1/s1. The van der Waals surface area contributed by atoms with Gasteiger partial charge in [0.25, 0.3) is 0 Å². The minimum atomic E-state index is 0.105. The lowest BCUT2D eigenvalue weighted by Crippen LogP contribution is -2.37. The topological polar surface area (TPSA) is 71.0 Å². The highest BCUT2D eigenvalue weighted by atomic mass is 32.2. The van der Waals surface area contributed by atoms with Crippen molar-refractivity contribution in [3.63, 3.8) is 0 Å². The predicted molar refractivity (Wildman–Crippen MR) is 112 cm³/mol. The molecule has 2 aromatic rings. The third-order valence-electron chi connectivity index (χ3n) is 5.39. The number of piperidine rings is 1. The molecule has 1 aliphatic heterocycles. The van der Waals surface area contributed by atoms with Crippen LogP contribution in [0.5, 0.6) is 0 Å². The normalized spacial score (nSPS) is 21.5. The molecule has 4 rings (SSSR count). The van der Waals surface area contributed by atoms with Crippen molar-refractivity contribution in [1.29, 1.82) is 0 Å². The van der Waals surface area contributed by atoms with Crippen LogP contribution in [-0.2, 0) is 4.79 Å². The first-order valence-corrected chi connectivity index (χ1v) is 11.8. The number of thiazole rings is 1. The zero-order chi connectivity index (χ0) is 18.6. The number of thioether (sulfide) groups is 1. The SMILES string of the molecule is C[C@@H]1CCCN(c2nc3ncnc(SCC(=O)NC4CCCCC4)c3s2)C1. The van der Waals surface area contributed by atoms with Gasteiger partial charge in [-0.1, -0.05) is 49.3 Å². The molecular weight excluding hydrogens is 378 g/mol. The predicted octanol–water partition coefficient (Wildman–Crippen LogP) is 3.86. The van der Waals surface area contributed by atoms with Crippen molar-refractivity contribution in [1.82, 2.24) is 20.3 Å². The fourth-order valence-electron chi connectivity index (χ4n) is 3.97. The first-order valence-electron chi connectivity index (χ1n) is 9.97. The number of hydrogen-bond donors (Lipinski definition) is 1. The van der Waals surface area contributed by atoms with Crippen molar-refractivity contribution < 1.29 is 4.79 Å². The molecule has 2 aromatic heterocycles. The van der Waals surface area contributed by atoms with E-state index in [-0.39, 0.29) is 5.91 Å². The van der Waals surface area contributed by atoms with E-state index in [0.717, 1.165) is 46.4 Å². The van der Waals surface area contributed by atoms with E-state index in [1.807, 2.05) is 0 Å². The van der Waals surface area contributed by atoms with Gasteiger partial charge in [0.1, 0.15) is 16.1 Å². The smallest absolute Gasteiger partial charge is 0.230 e. The van der Waals surface area contributed by atoms with Crippen LogP contribution in [0, 0.1) is 5.92 Å². The summed E-state index contributed by atoms with van der Waals surface area (Å²) in [6.45, 7) is 4.41. The molecule has 3 heterocycles. The van der Waals surface area contributed by atoms with E-state index in [4.69, 9.17) is 4.98 Å². The molecule has 2 fully saturated rings. The van der Waals surface area contributed by atoms with Crippen LogP contribution in [-0.4, -0.2) is 45.7 Å². The molecule has 2 aliphatic rings. The van der Waals surface area contributed by atoms with Crippen LogP contribution in [0.15, 0.2) is 11.4 Å². The van der Waals surface area contributed by atoms with Crippen LogP contribution >= 0.6 is 23.1 Å². The van der Waals surface area contributed by atoms with Gasteiger partial charge in [0, 0.05) is 19.1 Å². The van der Waals surface area contributed by atoms with Gasteiger partial charge in [0.05, 0.1) is 5.75 Å². The van der Waals surface area contributed by atoms with Crippen LogP contribution in [0.1, 0.15) is 51.9 Å². The number of carbonyl (C=O) groups excluding carboxylic acids is 1. The highest BCUT2D eigenvalue weighted by Crippen LogP contribution is 2.35. The minimum Gasteiger partial charge on any atom is -0.353 e. The lowest BCUT2D eigenvalue weighted by molar-refractivity contribution is -0.119. The van der Waals surface area contributed by atoms with Crippen molar-refractivity contribution in [2.45, 2.75) is 62.9 Å². The second-order valence-corrected chi connectivity index (χ2v) is 9.65. The van der Waals surface area contributed by atoms with Crippen molar-refractivity contribution in [3.05, 3.63) is 6.33 Å². The third kappa shape index (κ3) is 4.71. The van der Waals surface area contributed by atoms with E-state index in [1.54, 1.807) is 17.7 Å². The van der Waals surface area contributed by atoms with Gasteiger partial charge in [0.15, 0.2) is 10.8 Å². The van der Waals surface area contributed by atoms with Gasteiger partial charge in [-0.05, 0) is 31.6 Å². The molecule has 1 N–H and O–H groups in total. The molecule has 1 aliphatic carbocycles. The van der Waals surface area contributed by atoms with Crippen molar-refractivity contribution in [3.8, 4) is 0 Å². The summed E-state index contributed by atoms with van der Waals surface area (Å²) < 4.78 is 1.00. The molecule has 1 amide bonds. The molecule has 0 unspecified atom stereocenters. The number of hydrogen-bond acceptors (Lipinski definition) is 7. The summed E-state index contributed by atoms with van der Waals surface area (Å²) in [5.74, 6) is 1.21. The molecule has 8 heteroatoms. The Morgan fingerprint density at radius 1 is 1.26 bits per heavy atom. The highest BCUT2D eigenvalue weighted by Gasteiger charge is 2.21. The summed E-state index contributed by atoms with van der Waals surface area (Å²) in [5.41, 5.74) is 0.749. The minimum absolute atomic E-state index is 0.105. The van der Waals surface area contributed by atoms with Crippen molar-refractivity contribution in [2.24, 2.45) is 5.92 Å². The number of carbonyl (C=O) groups is 1. The second kappa shape index (κ2) is 8.73. The Kier molecular flexibility index (Phi) is 6.12. The van der Waals surface area contributed by atoms with Crippen LogP contribution in [0.25, 0.3) is 10.3 Å². The van der Waals surface area contributed by atoms with Crippen LogP contribution < -0.4 is 10.2 Å². The fraction of sp³-hybridized carbons (Fsp3) is 0.684.